The molecule has 1 aromatic rings. The molecule has 0 unspecified atom stereocenters. The molecule has 1 saturated heterocycles. The van der Waals surface area contributed by atoms with E-state index in [9.17, 15) is 0 Å². The van der Waals surface area contributed by atoms with E-state index in [1.54, 1.807) is 0 Å². The average Bonchev–Trinajstić information content (AvgIpc) is 2.83. The zero-order chi connectivity index (χ0) is 15.6. The number of unbranched alkanes of at least 4 members (excludes halogenated alkanes) is 1. The Hall–Kier alpha value is -1.02. The fourth-order valence-electron chi connectivity index (χ4n) is 3.22. The molecule has 0 N–H and O–H groups in total. The average molecular weight is 303 g/mol. The Morgan fingerprint density at radius 1 is 1.05 bits per heavy atom. The molecule has 1 aliphatic heterocycles. The van der Waals surface area contributed by atoms with Gasteiger partial charge in [-0.25, -0.2) is 0 Å². The number of hydrogen-bond acceptors (Lipinski definition) is 2. The predicted octanol–water partition coefficient (Wildman–Crippen LogP) is 5.24. The van der Waals surface area contributed by atoms with E-state index < -0.39 is 0 Å². The van der Waals surface area contributed by atoms with Gasteiger partial charge in [0.15, 0.2) is 0 Å². The summed E-state index contributed by atoms with van der Waals surface area (Å²) in [5, 5.41) is 0. The second-order valence-corrected chi connectivity index (χ2v) is 6.66. The summed E-state index contributed by atoms with van der Waals surface area (Å²) in [6.45, 7) is 9.22. The van der Waals surface area contributed by atoms with Crippen LogP contribution in [0, 0.1) is 0 Å². The lowest BCUT2D eigenvalue weighted by molar-refractivity contribution is 0.255. The van der Waals surface area contributed by atoms with Crippen molar-refractivity contribution in [1.29, 1.82) is 0 Å². The van der Waals surface area contributed by atoms with E-state index in [2.05, 4.69) is 43.0 Å². The maximum atomic E-state index is 6.06. The highest BCUT2D eigenvalue weighted by Crippen LogP contribution is 2.28. The van der Waals surface area contributed by atoms with E-state index >= 15 is 0 Å². The molecule has 0 amide bonds. The fourth-order valence-corrected chi connectivity index (χ4v) is 3.22. The number of hydrogen-bond donors (Lipinski definition) is 0. The third kappa shape index (κ3) is 5.64. The lowest BCUT2D eigenvalue weighted by Gasteiger charge is -2.20. The Balaban J connectivity index is 1.68. The zero-order valence-electron chi connectivity index (χ0n) is 14.5. The van der Waals surface area contributed by atoms with Gasteiger partial charge in [0.2, 0.25) is 0 Å². The van der Waals surface area contributed by atoms with Crippen LogP contribution in [0.1, 0.15) is 70.3 Å². The van der Waals surface area contributed by atoms with Crippen LogP contribution in [-0.4, -0.2) is 31.1 Å². The highest BCUT2D eigenvalue weighted by atomic mass is 16.5. The van der Waals surface area contributed by atoms with Crippen LogP contribution in [-0.2, 0) is 0 Å². The van der Waals surface area contributed by atoms with Gasteiger partial charge in [-0.05, 0) is 69.3 Å². The topological polar surface area (TPSA) is 12.5 Å². The summed E-state index contributed by atoms with van der Waals surface area (Å²) in [5.74, 6) is 1.67. The highest BCUT2D eigenvalue weighted by molar-refractivity contribution is 5.35. The molecule has 2 nitrogen and oxygen atoms in total. The second kappa shape index (κ2) is 9.89. The number of ether oxygens (including phenoxy) is 1. The second-order valence-electron chi connectivity index (χ2n) is 6.66. The summed E-state index contributed by atoms with van der Waals surface area (Å²) >= 11 is 0. The highest BCUT2D eigenvalue weighted by Gasteiger charge is 2.10. The van der Waals surface area contributed by atoms with Crippen molar-refractivity contribution in [2.45, 2.75) is 64.7 Å². The molecular formula is C20H33NO. The van der Waals surface area contributed by atoms with Crippen molar-refractivity contribution < 1.29 is 4.74 Å². The molecule has 1 fully saturated rings. The van der Waals surface area contributed by atoms with Crippen molar-refractivity contribution in [3.63, 3.8) is 0 Å². The Bertz CT molecular complexity index is 410. The molecule has 0 saturated carbocycles. The monoisotopic (exact) mass is 303 g/mol. The van der Waals surface area contributed by atoms with Crippen LogP contribution in [0.5, 0.6) is 5.75 Å². The van der Waals surface area contributed by atoms with E-state index in [1.807, 2.05) is 0 Å². The molecule has 0 spiro atoms. The van der Waals surface area contributed by atoms with Gasteiger partial charge >= 0.3 is 0 Å². The summed E-state index contributed by atoms with van der Waals surface area (Å²) in [4.78, 5) is 2.64. The van der Waals surface area contributed by atoms with Crippen LogP contribution in [0.25, 0.3) is 0 Å². The van der Waals surface area contributed by atoms with Crippen molar-refractivity contribution in [2.75, 3.05) is 26.2 Å². The molecule has 1 heterocycles. The number of likely N-dealkylation sites (tertiary alicyclic amines) is 1. The Morgan fingerprint density at radius 3 is 2.50 bits per heavy atom. The minimum absolute atomic E-state index is 0.577. The Kier molecular flexibility index (Phi) is 7.79. The van der Waals surface area contributed by atoms with Crippen molar-refractivity contribution in [2.24, 2.45) is 0 Å². The smallest absolute Gasteiger partial charge is 0.122 e. The summed E-state index contributed by atoms with van der Waals surface area (Å²) in [7, 11) is 0. The van der Waals surface area contributed by atoms with Crippen LogP contribution >= 0.6 is 0 Å². The zero-order valence-corrected chi connectivity index (χ0v) is 14.5. The first-order valence-electron chi connectivity index (χ1n) is 9.25. The van der Waals surface area contributed by atoms with Gasteiger partial charge < -0.3 is 9.64 Å². The molecular weight excluding hydrogens is 270 g/mol. The quantitative estimate of drug-likeness (QED) is 0.609. The van der Waals surface area contributed by atoms with Gasteiger partial charge in [0.25, 0.3) is 0 Å². The molecule has 1 aromatic carbocycles. The van der Waals surface area contributed by atoms with Crippen molar-refractivity contribution in [3.8, 4) is 5.75 Å². The van der Waals surface area contributed by atoms with Gasteiger partial charge in [0, 0.05) is 0 Å². The third-order valence-electron chi connectivity index (χ3n) is 4.89. The first-order valence-corrected chi connectivity index (χ1v) is 9.25. The van der Waals surface area contributed by atoms with Gasteiger partial charge in [-0.3, -0.25) is 0 Å². The van der Waals surface area contributed by atoms with Crippen LogP contribution in [0.4, 0.5) is 0 Å². The van der Waals surface area contributed by atoms with Crippen molar-refractivity contribution in [1.82, 2.24) is 4.90 Å². The lowest BCUT2D eigenvalue weighted by Crippen LogP contribution is -2.25. The summed E-state index contributed by atoms with van der Waals surface area (Å²) in [6, 6.07) is 8.53. The first-order chi connectivity index (χ1) is 10.8. The van der Waals surface area contributed by atoms with E-state index in [0.29, 0.717) is 5.92 Å². The number of benzene rings is 1. The summed E-state index contributed by atoms with van der Waals surface area (Å²) in [6.07, 6.45) is 9.20. The maximum absolute atomic E-state index is 6.06. The SMILES string of the molecule is CC[C@H](C)c1ccccc1OCCCCN1CCCCCC1. The van der Waals surface area contributed by atoms with Crippen LogP contribution in [0.3, 0.4) is 0 Å². The standard InChI is InChI=1S/C20H33NO/c1-3-18(2)19-12-6-7-13-20(19)22-17-11-10-16-21-14-8-4-5-9-15-21/h6-7,12-13,18H,3-5,8-11,14-17H2,1-2H3/t18-/m0/s1. The van der Waals surface area contributed by atoms with Gasteiger partial charge in [-0.2, -0.15) is 0 Å². The van der Waals surface area contributed by atoms with E-state index in [1.165, 1.54) is 57.3 Å². The molecule has 124 valence electrons. The van der Waals surface area contributed by atoms with E-state index in [4.69, 9.17) is 4.74 Å². The van der Waals surface area contributed by atoms with Crippen molar-refractivity contribution in [3.05, 3.63) is 29.8 Å². The van der Waals surface area contributed by atoms with E-state index in [-0.39, 0.29) is 0 Å². The first kappa shape index (κ1) is 17.3. The van der Waals surface area contributed by atoms with Crippen LogP contribution in [0.15, 0.2) is 24.3 Å². The molecule has 0 aliphatic carbocycles. The molecule has 22 heavy (non-hydrogen) atoms. The predicted molar refractivity (Wildman–Crippen MR) is 94.8 cm³/mol. The third-order valence-corrected chi connectivity index (χ3v) is 4.89. The lowest BCUT2D eigenvalue weighted by atomic mass is 9.98. The van der Waals surface area contributed by atoms with Gasteiger partial charge in [0.1, 0.15) is 5.75 Å². The number of rotatable bonds is 8. The number of para-hydroxylation sites is 1. The molecule has 0 bridgehead atoms. The minimum Gasteiger partial charge on any atom is -0.493 e. The molecule has 1 atom stereocenters. The Labute approximate surface area is 136 Å². The van der Waals surface area contributed by atoms with Gasteiger partial charge in [0.05, 0.1) is 6.61 Å². The Morgan fingerprint density at radius 2 is 1.77 bits per heavy atom. The van der Waals surface area contributed by atoms with Crippen LogP contribution < -0.4 is 4.74 Å². The molecule has 2 rings (SSSR count). The number of nitrogens with zero attached hydrogens (tertiary/aromatic N) is 1. The normalized spacial score (nSPS) is 17.9. The summed E-state index contributed by atoms with van der Waals surface area (Å²) < 4.78 is 6.06. The maximum Gasteiger partial charge on any atom is 0.122 e. The molecule has 1 aliphatic rings. The van der Waals surface area contributed by atoms with Gasteiger partial charge in [-0.15, -0.1) is 0 Å². The largest absolute Gasteiger partial charge is 0.493 e. The van der Waals surface area contributed by atoms with E-state index in [0.717, 1.165) is 25.2 Å². The fraction of sp³-hybridized carbons (Fsp3) is 0.700. The van der Waals surface area contributed by atoms with Crippen molar-refractivity contribution >= 4 is 0 Å². The van der Waals surface area contributed by atoms with Gasteiger partial charge in [-0.1, -0.05) is 44.9 Å². The molecule has 0 radical (unpaired) electrons. The molecule has 2 heteroatoms. The van der Waals surface area contributed by atoms with Crippen LogP contribution in [0.2, 0.25) is 0 Å². The molecule has 0 aromatic heterocycles. The minimum atomic E-state index is 0.577. The summed E-state index contributed by atoms with van der Waals surface area (Å²) in [5.41, 5.74) is 1.36.